The van der Waals surface area contributed by atoms with Crippen LogP contribution in [0.4, 0.5) is 0 Å². The lowest BCUT2D eigenvalue weighted by Crippen LogP contribution is -2.28. The zero-order valence-electron chi connectivity index (χ0n) is 10.8. The molecule has 0 bridgehead atoms. The van der Waals surface area contributed by atoms with E-state index in [2.05, 4.69) is 25.5 Å². The van der Waals surface area contributed by atoms with Crippen molar-refractivity contribution >= 4 is 16.0 Å². The third kappa shape index (κ3) is 11.6. The summed E-state index contributed by atoms with van der Waals surface area (Å²) in [5, 5.41) is 8.40. The molecule has 0 aromatic rings. The molecule has 0 aromatic carbocycles. The molecule has 0 aliphatic rings. The van der Waals surface area contributed by atoms with E-state index in [1.54, 1.807) is 0 Å². The second-order valence-corrected chi connectivity index (χ2v) is 7.30. The van der Waals surface area contributed by atoms with E-state index in [1.807, 2.05) is 0 Å². The Balaban J connectivity index is 3.78. The van der Waals surface area contributed by atoms with E-state index >= 15 is 0 Å². The molecule has 0 spiro atoms. The number of carbonyl (C=O) groups is 1. The summed E-state index contributed by atoms with van der Waals surface area (Å²) in [6.07, 6.45) is 1.79. The Morgan fingerprint density at radius 3 is 2.29 bits per heavy atom. The smallest absolute Gasteiger partial charge is 0.303 e. The molecule has 0 aliphatic carbocycles. The van der Waals surface area contributed by atoms with Gasteiger partial charge in [-0.25, -0.2) is 13.1 Å². The molecule has 0 aromatic heterocycles. The third-order valence-electron chi connectivity index (χ3n) is 2.23. The molecule has 0 saturated carbocycles. The highest BCUT2D eigenvalue weighted by molar-refractivity contribution is 7.89. The van der Waals surface area contributed by atoms with Crippen molar-refractivity contribution in [1.29, 1.82) is 0 Å². The van der Waals surface area contributed by atoms with Crippen molar-refractivity contribution in [3.8, 4) is 0 Å². The van der Waals surface area contributed by atoms with Gasteiger partial charge < -0.3 is 5.11 Å². The maximum Gasteiger partial charge on any atom is 0.303 e. The van der Waals surface area contributed by atoms with Gasteiger partial charge in [-0.1, -0.05) is 20.8 Å². The van der Waals surface area contributed by atoms with E-state index in [0.717, 1.165) is 6.42 Å². The van der Waals surface area contributed by atoms with Gasteiger partial charge in [-0.15, -0.1) is 0 Å². The lowest BCUT2D eigenvalue weighted by Gasteiger charge is -2.17. The molecule has 0 unspecified atom stereocenters. The molecule has 0 atom stereocenters. The normalized spacial score (nSPS) is 12.6. The lowest BCUT2D eigenvalue weighted by molar-refractivity contribution is -0.137. The molecule has 0 amide bonds. The van der Waals surface area contributed by atoms with Crippen LogP contribution in [-0.2, 0) is 14.8 Å². The predicted octanol–water partition coefficient (Wildman–Crippen LogP) is 1.60. The summed E-state index contributed by atoms with van der Waals surface area (Å²) in [6.45, 7) is 6.41. The van der Waals surface area contributed by atoms with Crippen LogP contribution in [0.1, 0.15) is 46.5 Å². The Labute approximate surface area is 104 Å². The first-order valence-corrected chi connectivity index (χ1v) is 7.47. The molecule has 0 heterocycles. The highest BCUT2D eigenvalue weighted by Crippen LogP contribution is 2.20. The third-order valence-corrected chi connectivity index (χ3v) is 3.70. The van der Waals surface area contributed by atoms with Crippen LogP contribution in [0.2, 0.25) is 0 Å². The summed E-state index contributed by atoms with van der Waals surface area (Å²) in [5.74, 6) is -0.797. The second-order valence-electron chi connectivity index (χ2n) is 5.37. The van der Waals surface area contributed by atoms with E-state index in [1.165, 1.54) is 0 Å². The zero-order valence-corrected chi connectivity index (χ0v) is 11.6. The van der Waals surface area contributed by atoms with Gasteiger partial charge in [-0.3, -0.25) is 4.79 Å². The maximum atomic E-state index is 11.5. The monoisotopic (exact) mass is 265 g/mol. The Morgan fingerprint density at radius 1 is 1.24 bits per heavy atom. The summed E-state index contributed by atoms with van der Waals surface area (Å²) < 4.78 is 25.4. The zero-order chi connectivity index (χ0) is 13.5. The quantitative estimate of drug-likeness (QED) is 0.653. The topological polar surface area (TPSA) is 83.5 Å². The summed E-state index contributed by atoms with van der Waals surface area (Å²) in [5.41, 5.74) is 0.138. The first-order chi connectivity index (χ1) is 7.62. The van der Waals surface area contributed by atoms with Crippen molar-refractivity contribution < 1.29 is 18.3 Å². The average molecular weight is 265 g/mol. The Morgan fingerprint density at radius 2 is 1.82 bits per heavy atom. The van der Waals surface area contributed by atoms with Gasteiger partial charge in [-0.2, -0.15) is 0 Å². The standard InChI is InChI=1S/C11H23NO4S/c1-11(2,3)7-5-9-17(15,16)12-8-4-6-10(13)14/h12H,4-9H2,1-3H3,(H,13,14). The molecule has 0 saturated heterocycles. The summed E-state index contributed by atoms with van der Waals surface area (Å²) in [6, 6.07) is 0. The number of carboxylic acid groups (broad SMARTS) is 1. The van der Waals surface area contributed by atoms with E-state index < -0.39 is 16.0 Å². The van der Waals surface area contributed by atoms with E-state index in [4.69, 9.17) is 5.11 Å². The van der Waals surface area contributed by atoms with Crippen molar-refractivity contribution in [2.75, 3.05) is 12.3 Å². The van der Waals surface area contributed by atoms with Gasteiger partial charge in [0, 0.05) is 13.0 Å². The minimum absolute atomic E-state index is 0.00941. The number of nitrogens with one attached hydrogen (secondary N) is 1. The number of carboxylic acids is 1. The Bertz CT molecular complexity index is 330. The minimum atomic E-state index is -3.24. The van der Waals surface area contributed by atoms with Crippen LogP contribution in [-0.4, -0.2) is 31.8 Å². The highest BCUT2D eigenvalue weighted by Gasteiger charge is 2.14. The number of hydrogen-bond donors (Lipinski definition) is 2. The van der Waals surface area contributed by atoms with Crippen molar-refractivity contribution in [1.82, 2.24) is 4.72 Å². The van der Waals surface area contributed by atoms with Crippen LogP contribution in [0, 0.1) is 5.41 Å². The van der Waals surface area contributed by atoms with E-state index in [0.29, 0.717) is 12.8 Å². The summed E-state index contributed by atoms with van der Waals surface area (Å²) in [4.78, 5) is 10.2. The van der Waals surface area contributed by atoms with E-state index in [-0.39, 0.29) is 24.1 Å². The maximum absolute atomic E-state index is 11.5. The van der Waals surface area contributed by atoms with Crippen molar-refractivity contribution in [3.05, 3.63) is 0 Å². The molecule has 17 heavy (non-hydrogen) atoms. The van der Waals surface area contributed by atoms with Gasteiger partial charge in [0.25, 0.3) is 0 Å². The second kappa shape index (κ2) is 6.96. The molecule has 102 valence electrons. The van der Waals surface area contributed by atoms with Gasteiger partial charge in [0.2, 0.25) is 10.0 Å². The summed E-state index contributed by atoms with van der Waals surface area (Å²) >= 11 is 0. The van der Waals surface area contributed by atoms with Gasteiger partial charge in [0.15, 0.2) is 0 Å². The molecule has 6 heteroatoms. The fraction of sp³-hybridized carbons (Fsp3) is 0.909. The van der Waals surface area contributed by atoms with E-state index in [9.17, 15) is 13.2 Å². The van der Waals surface area contributed by atoms with Gasteiger partial charge in [-0.05, 0) is 24.7 Å². The molecule has 0 radical (unpaired) electrons. The predicted molar refractivity (Wildman–Crippen MR) is 67.3 cm³/mol. The molecule has 5 nitrogen and oxygen atoms in total. The van der Waals surface area contributed by atoms with Crippen LogP contribution in [0.5, 0.6) is 0 Å². The van der Waals surface area contributed by atoms with Crippen LogP contribution in [0.25, 0.3) is 0 Å². The lowest BCUT2D eigenvalue weighted by atomic mass is 9.91. The summed E-state index contributed by atoms with van der Waals surface area (Å²) in [7, 11) is -3.24. The molecule has 2 N–H and O–H groups in total. The first-order valence-electron chi connectivity index (χ1n) is 5.81. The van der Waals surface area contributed by atoms with Crippen molar-refractivity contribution in [2.24, 2.45) is 5.41 Å². The van der Waals surface area contributed by atoms with Crippen LogP contribution < -0.4 is 4.72 Å². The fourth-order valence-corrected chi connectivity index (χ4v) is 2.46. The number of aliphatic carboxylic acids is 1. The van der Waals surface area contributed by atoms with Crippen LogP contribution in [0.15, 0.2) is 0 Å². The van der Waals surface area contributed by atoms with Crippen molar-refractivity contribution in [3.63, 3.8) is 0 Å². The molecule has 0 aliphatic heterocycles. The largest absolute Gasteiger partial charge is 0.481 e. The highest BCUT2D eigenvalue weighted by atomic mass is 32.2. The first kappa shape index (κ1) is 16.4. The number of sulfonamides is 1. The Kier molecular flexibility index (Phi) is 6.70. The average Bonchev–Trinajstić information content (AvgIpc) is 2.09. The van der Waals surface area contributed by atoms with Crippen LogP contribution >= 0.6 is 0 Å². The number of rotatable bonds is 8. The molecule has 0 fully saturated rings. The number of hydrogen-bond acceptors (Lipinski definition) is 3. The minimum Gasteiger partial charge on any atom is -0.481 e. The SMILES string of the molecule is CC(C)(C)CCCS(=O)(=O)NCCCC(=O)O. The van der Waals surface area contributed by atoms with Gasteiger partial charge in [0.1, 0.15) is 0 Å². The molecular weight excluding hydrogens is 242 g/mol. The fourth-order valence-electron chi connectivity index (χ4n) is 1.33. The van der Waals surface area contributed by atoms with Gasteiger partial charge >= 0.3 is 5.97 Å². The Hall–Kier alpha value is -0.620. The molecular formula is C11H23NO4S. The molecule has 0 rings (SSSR count). The van der Waals surface area contributed by atoms with Crippen molar-refractivity contribution in [2.45, 2.75) is 46.5 Å². The van der Waals surface area contributed by atoms with Gasteiger partial charge in [0.05, 0.1) is 5.75 Å². The van der Waals surface area contributed by atoms with Crippen LogP contribution in [0.3, 0.4) is 0 Å².